The van der Waals surface area contributed by atoms with Gasteiger partial charge in [0, 0.05) is 13.1 Å². The summed E-state index contributed by atoms with van der Waals surface area (Å²) in [6.45, 7) is 9.51. The Hall–Kier alpha value is -2.99. The molecule has 29 heavy (non-hydrogen) atoms. The van der Waals surface area contributed by atoms with E-state index < -0.39 is 0 Å². The van der Waals surface area contributed by atoms with Gasteiger partial charge in [-0.05, 0) is 55.4 Å². The van der Waals surface area contributed by atoms with Crippen LogP contribution >= 0.6 is 0 Å². The molecule has 0 spiro atoms. The van der Waals surface area contributed by atoms with E-state index in [1.807, 2.05) is 19.1 Å². The number of hydrogen-bond acceptors (Lipinski definition) is 3. The molecule has 2 aromatic carbocycles. The monoisotopic (exact) mass is 394 g/mol. The van der Waals surface area contributed by atoms with Crippen LogP contribution in [0.5, 0.6) is 0 Å². The van der Waals surface area contributed by atoms with Gasteiger partial charge in [0.25, 0.3) is 5.91 Å². The van der Waals surface area contributed by atoms with E-state index in [-0.39, 0.29) is 11.7 Å². The molecule has 1 aromatic heterocycles. The summed E-state index contributed by atoms with van der Waals surface area (Å²) in [6.07, 6.45) is 1.55. The molecule has 0 aliphatic carbocycles. The van der Waals surface area contributed by atoms with E-state index in [0.717, 1.165) is 25.2 Å². The minimum absolute atomic E-state index is 0.176. The first-order valence-electron chi connectivity index (χ1n) is 9.90. The molecule has 3 rings (SSSR count). The molecular formula is C23H27FN4O. The number of benzene rings is 2. The number of hydrogen-bond donors (Lipinski definition) is 1. The van der Waals surface area contributed by atoms with Crippen LogP contribution in [0.25, 0.3) is 5.69 Å². The fourth-order valence-electron chi connectivity index (χ4n) is 3.30. The lowest BCUT2D eigenvalue weighted by Crippen LogP contribution is -2.24. The Bertz CT molecular complexity index is 961. The first kappa shape index (κ1) is 20.7. The number of carbonyl (C=O) groups excluding carboxylic acids is 1. The van der Waals surface area contributed by atoms with Gasteiger partial charge in [0.15, 0.2) is 0 Å². The lowest BCUT2D eigenvalue weighted by atomic mass is 10.1. The van der Waals surface area contributed by atoms with Crippen LogP contribution in [-0.4, -0.2) is 33.7 Å². The number of rotatable bonds is 8. The van der Waals surface area contributed by atoms with Crippen molar-refractivity contribution < 1.29 is 9.18 Å². The highest BCUT2D eigenvalue weighted by Crippen LogP contribution is 2.15. The van der Waals surface area contributed by atoms with E-state index in [4.69, 9.17) is 0 Å². The largest absolute Gasteiger partial charge is 0.348 e. The second kappa shape index (κ2) is 9.47. The van der Waals surface area contributed by atoms with Crippen molar-refractivity contribution in [2.45, 2.75) is 33.9 Å². The van der Waals surface area contributed by atoms with Gasteiger partial charge in [0.05, 0.1) is 23.1 Å². The van der Waals surface area contributed by atoms with Gasteiger partial charge in [-0.25, -0.2) is 9.07 Å². The average molecular weight is 394 g/mol. The van der Waals surface area contributed by atoms with Crippen LogP contribution in [-0.2, 0) is 13.1 Å². The Morgan fingerprint density at radius 3 is 2.48 bits per heavy atom. The molecule has 152 valence electrons. The fraction of sp³-hybridized carbons (Fsp3) is 0.304. The molecule has 0 aliphatic rings. The second-order valence-electron chi connectivity index (χ2n) is 7.00. The van der Waals surface area contributed by atoms with Crippen LogP contribution in [0.2, 0.25) is 0 Å². The molecule has 0 atom stereocenters. The van der Waals surface area contributed by atoms with Crippen LogP contribution in [0.4, 0.5) is 4.39 Å². The molecule has 3 aromatic rings. The van der Waals surface area contributed by atoms with Crippen LogP contribution in [0, 0.1) is 12.7 Å². The van der Waals surface area contributed by atoms with Gasteiger partial charge in [-0.1, -0.05) is 38.1 Å². The summed E-state index contributed by atoms with van der Waals surface area (Å²) in [5.41, 5.74) is 4.23. The molecule has 0 saturated carbocycles. The smallest absolute Gasteiger partial charge is 0.255 e. The van der Waals surface area contributed by atoms with Crippen molar-refractivity contribution in [1.82, 2.24) is 20.0 Å². The topological polar surface area (TPSA) is 50.2 Å². The molecule has 6 heteroatoms. The van der Waals surface area contributed by atoms with E-state index in [2.05, 4.69) is 41.3 Å². The minimum atomic E-state index is -0.306. The summed E-state index contributed by atoms with van der Waals surface area (Å²) >= 11 is 0. The Morgan fingerprint density at radius 2 is 1.79 bits per heavy atom. The number of aromatic nitrogens is 2. The quantitative estimate of drug-likeness (QED) is 0.626. The molecule has 0 bridgehead atoms. The minimum Gasteiger partial charge on any atom is -0.348 e. The van der Waals surface area contributed by atoms with Gasteiger partial charge >= 0.3 is 0 Å². The third-order valence-electron chi connectivity index (χ3n) is 5.07. The summed E-state index contributed by atoms with van der Waals surface area (Å²) < 4.78 is 14.8. The highest BCUT2D eigenvalue weighted by molar-refractivity contribution is 5.95. The zero-order chi connectivity index (χ0) is 20.8. The highest BCUT2D eigenvalue weighted by Gasteiger charge is 2.15. The van der Waals surface area contributed by atoms with Gasteiger partial charge in [0.2, 0.25) is 0 Å². The summed E-state index contributed by atoms with van der Waals surface area (Å²) in [4.78, 5) is 15.0. The predicted molar refractivity (Wildman–Crippen MR) is 112 cm³/mol. The average Bonchev–Trinajstić information content (AvgIpc) is 3.12. The summed E-state index contributed by atoms with van der Waals surface area (Å²) in [5, 5.41) is 7.26. The van der Waals surface area contributed by atoms with Crippen LogP contribution in [0.15, 0.2) is 54.7 Å². The molecular weight excluding hydrogens is 367 g/mol. The SMILES string of the molecule is CCN(CC)Cc1cccc(CNC(=O)c2cnn(-c3ccc(F)cc3)c2C)c1. The number of carbonyl (C=O) groups is 1. The third kappa shape index (κ3) is 5.09. The maximum atomic E-state index is 13.1. The molecule has 1 N–H and O–H groups in total. The maximum absolute atomic E-state index is 13.1. The summed E-state index contributed by atoms with van der Waals surface area (Å²) in [7, 11) is 0. The van der Waals surface area contributed by atoms with Gasteiger partial charge < -0.3 is 5.32 Å². The van der Waals surface area contributed by atoms with Crippen molar-refractivity contribution in [3.8, 4) is 5.69 Å². The number of nitrogens with one attached hydrogen (secondary N) is 1. The van der Waals surface area contributed by atoms with Gasteiger partial charge in [-0.3, -0.25) is 9.69 Å². The van der Waals surface area contributed by atoms with Crippen molar-refractivity contribution in [3.63, 3.8) is 0 Å². The maximum Gasteiger partial charge on any atom is 0.255 e. The van der Waals surface area contributed by atoms with Crippen molar-refractivity contribution in [3.05, 3.63) is 82.9 Å². The van der Waals surface area contributed by atoms with E-state index >= 15 is 0 Å². The Morgan fingerprint density at radius 1 is 1.10 bits per heavy atom. The first-order chi connectivity index (χ1) is 14.0. The Labute approximate surface area is 171 Å². The fourth-order valence-corrected chi connectivity index (χ4v) is 3.30. The number of amides is 1. The molecule has 0 unspecified atom stereocenters. The highest BCUT2D eigenvalue weighted by atomic mass is 19.1. The zero-order valence-corrected chi connectivity index (χ0v) is 17.2. The Balaban J connectivity index is 1.66. The molecule has 1 heterocycles. The molecule has 0 saturated heterocycles. The second-order valence-corrected chi connectivity index (χ2v) is 7.00. The molecule has 0 radical (unpaired) electrons. The van der Waals surface area contributed by atoms with Gasteiger partial charge in [-0.2, -0.15) is 5.10 Å². The standard InChI is InChI=1S/C23H27FN4O/c1-4-27(5-2)16-19-8-6-7-18(13-19)14-25-23(29)22-15-26-28(17(22)3)21-11-9-20(24)10-12-21/h6-13,15H,4-5,14,16H2,1-3H3,(H,25,29). The summed E-state index contributed by atoms with van der Waals surface area (Å²) in [5.74, 6) is -0.482. The van der Waals surface area contributed by atoms with Crippen LogP contribution in [0.1, 0.15) is 41.0 Å². The molecule has 0 aliphatic heterocycles. The lowest BCUT2D eigenvalue weighted by molar-refractivity contribution is 0.0950. The van der Waals surface area contributed by atoms with Crippen molar-refractivity contribution in [2.24, 2.45) is 0 Å². The van der Waals surface area contributed by atoms with Crippen molar-refractivity contribution >= 4 is 5.91 Å². The van der Waals surface area contributed by atoms with E-state index in [0.29, 0.717) is 23.5 Å². The zero-order valence-electron chi connectivity index (χ0n) is 17.2. The van der Waals surface area contributed by atoms with Crippen LogP contribution in [0.3, 0.4) is 0 Å². The third-order valence-corrected chi connectivity index (χ3v) is 5.07. The van der Waals surface area contributed by atoms with Gasteiger partial charge in [0.1, 0.15) is 5.82 Å². The number of nitrogens with zero attached hydrogens (tertiary/aromatic N) is 3. The lowest BCUT2D eigenvalue weighted by Gasteiger charge is -2.18. The molecule has 5 nitrogen and oxygen atoms in total. The Kier molecular flexibility index (Phi) is 6.77. The van der Waals surface area contributed by atoms with Crippen LogP contribution < -0.4 is 5.32 Å². The van der Waals surface area contributed by atoms with E-state index in [9.17, 15) is 9.18 Å². The predicted octanol–water partition coefficient (Wildman–Crippen LogP) is 4.09. The molecule has 1 amide bonds. The first-order valence-corrected chi connectivity index (χ1v) is 9.90. The van der Waals surface area contributed by atoms with Crippen molar-refractivity contribution in [2.75, 3.05) is 13.1 Å². The molecule has 0 fully saturated rings. The van der Waals surface area contributed by atoms with Gasteiger partial charge in [-0.15, -0.1) is 0 Å². The van der Waals surface area contributed by atoms with E-state index in [1.165, 1.54) is 17.7 Å². The normalized spacial score (nSPS) is 11.1. The number of halogens is 1. The van der Waals surface area contributed by atoms with Crippen molar-refractivity contribution in [1.29, 1.82) is 0 Å². The van der Waals surface area contributed by atoms with E-state index in [1.54, 1.807) is 23.0 Å². The summed E-state index contributed by atoms with van der Waals surface area (Å²) in [6, 6.07) is 14.3.